The Hall–Kier alpha value is -1.84. The summed E-state index contributed by atoms with van der Waals surface area (Å²) in [6.07, 6.45) is 1.59. The summed E-state index contributed by atoms with van der Waals surface area (Å²) in [5, 5.41) is 11.2. The van der Waals surface area contributed by atoms with Crippen LogP contribution >= 0.6 is 11.8 Å². The summed E-state index contributed by atoms with van der Waals surface area (Å²) >= 11 is 1.32. The quantitative estimate of drug-likeness (QED) is 0.491. The van der Waals surface area contributed by atoms with E-state index in [9.17, 15) is 4.79 Å². The largest absolute Gasteiger partial charge is 0.496 e. The monoisotopic (exact) mass is 375 g/mol. The van der Waals surface area contributed by atoms with Crippen LogP contribution in [0.2, 0.25) is 0 Å². The highest BCUT2D eigenvalue weighted by atomic mass is 32.2. The molecule has 2 heterocycles. The van der Waals surface area contributed by atoms with Crippen molar-refractivity contribution in [2.45, 2.75) is 38.9 Å². The molecule has 1 aromatic carbocycles. The van der Waals surface area contributed by atoms with Crippen LogP contribution in [0.15, 0.2) is 28.4 Å². The summed E-state index contributed by atoms with van der Waals surface area (Å²) in [5.41, 5.74) is 0.811. The van der Waals surface area contributed by atoms with Crippen LogP contribution in [0.4, 0.5) is 0 Å². The maximum absolute atomic E-state index is 11.2. The average Bonchev–Trinajstić information content (AvgIpc) is 3.07. The fourth-order valence-corrected chi connectivity index (χ4v) is 3.13. The molecule has 7 nitrogen and oxygen atoms in total. The summed E-state index contributed by atoms with van der Waals surface area (Å²) in [6.45, 7) is 8.07. The van der Waals surface area contributed by atoms with E-state index in [0.29, 0.717) is 16.7 Å². The van der Waals surface area contributed by atoms with Gasteiger partial charge in [-0.1, -0.05) is 17.8 Å². The first-order valence-corrected chi connectivity index (χ1v) is 9.28. The molecule has 1 aromatic rings. The molecular weight excluding hydrogens is 353 g/mol. The molecule has 0 bridgehead atoms. The zero-order valence-corrected chi connectivity index (χ0v) is 16.3. The molecule has 0 aliphatic carbocycles. The van der Waals surface area contributed by atoms with Crippen molar-refractivity contribution in [1.82, 2.24) is 5.32 Å². The number of rotatable bonds is 4. The van der Waals surface area contributed by atoms with E-state index < -0.39 is 18.3 Å². The van der Waals surface area contributed by atoms with Crippen LogP contribution in [0.1, 0.15) is 33.3 Å². The van der Waals surface area contributed by atoms with Gasteiger partial charge in [0.05, 0.1) is 30.3 Å². The van der Waals surface area contributed by atoms with E-state index in [1.54, 1.807) is 13.3 Å². The van der Waals surface area contributed by atoms with Gasteiger partial charge >= 0.3 is 7.12 Å². The third-order valence-electron chi connectivity index (χ3n) is 4.71. The van der Waals surface area contributed by atoms with E-state index in [1.165, 1.54) is 11.8 Å². The second kappa shape index (κ2) is 7.05. The first-order valence-electron chi connectivity index (χ1n) is 8.29. The second-order valence-electron chi connectivity index (χ2n) is 7.08. The lowest BCUT2D eigenvalue weighted by atomic mass is 9.78. The van der Waals surface area contributed by atoms with Gasteiger partial charge in [-0.3, -0.25) is 4.79 Å². The third-order valence-corrected chi connectivity index (χ3v) is 5.57. The van der Waals surface area contributed by atoms with Gasteiger partial charge in [-0.2, -0.15) is 5.10 Å². The Morgan fingerprint density at radius 3 is 2.54 bits per heavy atom. The number of methoxy groups -OCH3 is 1. The minimum absolute atomic E-state index is 0.0655. The van der Waals surface area contributed by atoms with Crippen molar-refractivity contribution in [1.29, 1.82) is 0 Å². The van der Waals surface area contributed by atoms with E-state index in [0.717, 1.165) is 11.0 Å². The van der Waals surface area contributed by atoms with Crippen molar-refractivity contribution in [2.75, 3.05) is 12.9 Å². The zero-order chi connectivity index (χ0) is 18.9. The fraction of sp³-hybridized carbons (Fsp3) is 0.471. The number of amidine groups is 1. The van der Waals surface area contributed by atoms with Crippen molar-refractivity contribution >= 4 is 41.6 Å². The van der Waals surface area contributed by atoms with E-state index >= 15 is 0 Å². The molecule has 2 aliphatic rings. The molecular formula is C17H22BN3O4S. The molecule has 1 N–H and O–H groups in total. The van der Waals surface area contributed by atoms with Crippen molar-refractivity contribution in [3.8, 4) is 5.75 Å². The number of carbonyl (C=O) groups is 1. The van der Waals surface area contributed by atoms with E-state index in [4.69, 9.17) is 14.0 Å². The number of thioether (sulfide) groups is 1. The topological polar surface area (TPSA) is 81.5 Å². The van der Waals surface area contributed by atoms with Gasteiger partial charge in [0.2, 0.25) is 5.91 Å². The maximum Gasteiger partial charge on any atom is 0.494 e. The van der Waals surface area contributed by atoms with Gasteiger partial charge in [0.15, 0.2) is 5.17 Å². The Balaban J connectivity index is 1.82. The molecule has 0 spiro atoms. The molecule has 0 atom stereocenters. The summed E-state index contributed by atoms with van der Waals surface area (Å²) in [6, 6.07) is 5.67. The molecule has 9 heteroatoms. The molecule has 1 amide bonds. The highest BCUT2D eigenvalue weighted by Crippen LogP contribution is 2.36. The molecule has 2 saturated heterocycles. The van der Waals surface area contributed by atoms with Gasteiger partial charge in [-0.05, 0) is 45.3 Å². The SMILES string of the molecule is COc1ccc(B2OC(C)(C)C(C)(C)O2)cc1C=NN=C1NC(=O)CS1. The van der Waals surface area contributed by atoms with Crippen LogP contribution in [0, 0.1) is 0 Å². The minimum atomic E-state index is -0.464. The van der Waals surface area contributed by atoms with E-state index in [2.05, 4.69) is 15.5 Å². The number of amides is 1. The van der Waals surface area contributed by atoms with Crippen LogP contribution < -0.4 is 15.5 Å². The smallest absolute Gasteiger partial charge is 0.494 e. The van der Waals surface area contributed by atoms with E-state index in [1.807, 2.05) is 45.9 Å². The molecule has 2 aliphatic heterocycles. The van der Waals surface area contributed by atoms with Crippen molar-refractivity contribution in [3.05, 3.63) is 23.8 Å². The normalized spacial score (nSPS) is 23.0. The molecule has 2 fully saturated rings. The zero-order valence-electron chi connectivity index (χ0n) is 15.5. The van der Waals surface area contributed by atoms with Crippen molar-refractivity contribution < 1.29 is 18.8 Å². The Morgan fingerprint density at radius 1 is 1.27 bits per heavy atom. The number of carbonyl (C=O) groups excluding carboxylic acids is 1. The first kappa shape index (κ1) is 18.9. The number of hydrogen-bond donors (Lipinski definition) is 1. The Bertz CT molecular complexity index is 763. The highest BCUT2D eigenvalue weighted by Gasteiger charge is 2.51. The summed E-state index contributed by atoms with van der Waals surface area (Å²) in [4.78, 5) is 11.2. The Labute approximate surface area is 157 Å². The molecule has 0 radical (unpaired) electrons. The molecule has 0 aromatic heterocycles. The number of nitrogens with one attached hydrogen (secondary N) is 1. The fourth-order valence-electron chi connectivity index (χ4n) is 2.50. The van der Waals surface area contributed by atoms with Crippen LogP contribution in [-0.4, -0.2) is 48.5 Å². The Morgan fingerprint density at radius 2 is 1.96 bits per heavy atom. The average molecular weight is 375 g/mol. The van der Waals surface area contributed by atoms with Crippen molar-refractivity contribution in [3.63, 3.8) is 0 Å². The van der Waals surface area contributed by atoms with E-state index in [-0.39, 0.29) is 5.91 Å². The van der Waals surface area contributed by atoms with Gasteiger partial charge in [0, 0.05) is 5.56 Å². The third kappa shape index (κ3) is 3.79. The van der Waals surface area contributed by atoms with Crippen LogP contribution in [0.3, 0.4) is 0 Å². The predicted octanol–water partition coefficient (Wildman–Crippen LogP) is 1.55. The molecule has 138 valence electrons. The van der Waals surface area contributed by atoms with Gasteiger partial charge in [0.1, 0.15) is 5.75 Å². The van der Waals surface area contributed by atoms with Crippen LogP contribution in [0.25, 0.3) is 0 Å². The lowest BCUT2D eigenvalue weighted by Crippen LogP contribution is -2.41. The van der Waals surface area contributed by atoms with Gasteiger partial charge in [-0.25, -0.2) is 0 Å². The standard InChI is InChI=1S/C17H22BN3O4S/c1-16(2)17(3,4)25-18(24-16)12-6-7-13(23-5)11(8-12)9-19-21-15-20-14(22)10-26-15/h6-9H,10H2,1-5H3,(H,20,21,22). The molecule has 26 heavy (non-hydrogen) atoms. The van der Waals surface area contributed by atoms with Crippen LogP contribution in [-0.2, 0) is 14.1 Å². The lowest BCUT2D eigenvalue weighted by Gasteiger charge is -2.32. The molecule has 3 rings (SSSR count). The minimum Gasteiger partial charge on any atom is -0.496 e. The van der Waals surface area contributed by atoms with Crippen LogP contribution in [0.5, 0.6) is 5.75 Å². The number of hydrogen-bond acceptors (Lipinski definition) is 7. The maximum atomic E-state index is 11.2. The molecule has 0 saturated carbocycles. The van der Waals surface area contributed by atoms with Gasteiger partial charge in [0.25, 0.3) is 0 Å². The highest BCUT2D eigenvalue weighted by molar-refractivity contribution is 8.15. The summed E-state index contributed by atoms with van der Waals surface area (Å²) < 4.78 is 17.6. The summed E-state index contributed by atoms with van der Waals surface area (Å²) in [5.74, 6) is 0.969. The number of benzene rings is 1. The Kier molecular flexibility index (Phi) is 5.14. The second-order valence-corrected chi connectivity index (χ2v) is 8.04. The molecule has 0 unspecified atom stereocenters. The number of ether oxygens (including phenoxy) is 1. The first-order chi connectivity index (χ1) is 12.2. The summed E-state index contributed by atoms with van der Waals surface area (Å²) in [7, 11) is 1.13. The van der Waals surface area contributed by atoms with Gasteiger partial charge < -0.3 is 19.4 Å². The number of nitrogens with zero attached hydrogens (tertiary/aromatic N) is 2. The van der Waals surface area contributed by atoms with Crippen molar-refractivity contribution in [2.24, 2.45) is 10.2 Å². The van der Waals surface area contributed by atoms with Gasteiger partial charge in [-0.15, -0.1) is 5.10 Å². The predicted molar refractivity (Wildman–Crippen MR) is 104 cm³/mol. The lowest BCUT2D eigenvalue weighted by molar-refractivity contribution is -0.116.